The van der Waals surface area contributed by atoms with Crippen molar-refractivity contribution in [1.29, 1.82) is 0 Å². The third-order valence-electron chi connectivity index (χ3n) is 5.73. The summed E-state index contributed by atoms with van der Waals surface area (Å²) >= 11 is 0. The van der Waals surface area contributed by atoms with Gasteiger partial charge in [0.15, 0.2) is 0 Å². The van der Waals surface area contributed by atoms with E-state index in [4.69, 9.17) is 9.72 Å². The molecule has 0 bridgehead atoms. The smallest absolute Gasteiger partial charge is 0.225 e. The number of fused-ring (bicyclic) bond motifs is 1. The Morgan fingerprint density at radius 3 is 2.44 bits per heavy atom. The maximum atomic E-state index is 12.7. The van der Waals surface area contributed by atoms with Gasteiger partial charge in [-0.15, -0.1) is 0 Å². The highest BCUT2D eigenvalue weighted by Gasteiger charge is 2.19. The minimum Gasteiger partial charge on any atom is -0.491 e. The monoisotopic (exact) mass is 427 g/mol. The van der Waals surface area contributed by atoms with E-state index in [-0.39, 0.29) is 11.9 Å². The van der Waals surface area contributed by atoms with Gasteiger partial charge in [0.2, 0.25) is 5.91 Å². The SMILES string of the molecule is Cc1ccccc1CC(=O)NC(C)c1nc2ccccc2n1CCOc1ccccc1C. The number of rotatable bonds is 8. The first-order chi connectivity index (χ1) is 15.5. The van der Waals surface area contributed by atoms with Crippen molar-refractivity contribution in [2.45, 2.75) is 39.8 Å². The number of nitrogens with zero attached hydrogens (tertiary/aromatic N) is 2. The summed E-state index contributed by atoms with van der Waals surface area (Å²) in [6, 6.07) is 23.8. The molecule has 0 radical (unpaired) electrons. The molecule has 32 heavy (non-hydrogen) atoms. The number of ether oxygens (including phenoxy) is 1. The number of imidazole rings is 1. The van der Waals surface area contributed by atoms with E-state index in [1.807, 2.05) is 87.5 Å². The van der Waals surface area contributed by atoms with Crippen molar-refractivity contribution < 1.29 is 9.53 Å². The molecule has 4 rings (SSSR count). The number of carbonyl (C=O) groups is 1. The standard InChI is InChI=1S/C27H29N3O2/c1-19-10-4-6-12-22(19)18-26(31)28-21(3)27-29-23-13-7-8-14-24(23)30(27)16-17-32-25-15-9-5-11-20(25)2/h4-15,21H,16-18H2,1-3H3,(H,28,31). The summed E-state index contributed by atoms with van der Waals surface area (Å²) in [6.07, 6.45) is 0.355. The second-order valence-corrected chi connectivity index (χ2v) is 8.12. The number of benzene rings is 3. The van der Waals surface area contributed by atoms with Gasteiger partial charge < -0.3 is 14.6 Å². The summed E-state index contributed by atoms with van der Waals surface area (Å²) in [5.74, 6) is 1.71. The van der Waals surface area contributed by atoms with Gasteiger partial charge in [0.05, 0.1) is 30.0 Å². The zero-order chi connectivity index (χ0) is 22.5. The number of aromatic nitrogens is 2. The van der Waals surface area contributed by atoms with E-state index in [9.17, 15) is 4.79 Å². The molecular formula is C27H29N3O2. The fourth-order valence-corrected chi connectivity index (χ4v) is 3.96. The third-order valence-corrected chi connectivity index (χ3v) is 5.73. The van der Waals surface area contributed by atoms with Crippen molar-refractivity contribution in [2.24, 2.45) is 0 Å². The molecule has 5 heteroatoms. The van der Waals surface area contributed by atoms with Crippen LogP contribution in [-0.4, -0.2) is 22.1 Å². The summed E-state index contributed by atoms with van der Waals surface area (Å²) in [5.41, 5.74) is 5.22. The molecule has 0 aliphatic rings. The Morgan fingerprint density at radius 2 is 1.66 bits per heavy atom. The molecule has 1 aromatic heterocycles. The van der Waals surface area contributed by atoms with Crippen molar-refractivity contribution >= 4 is 16.9 Å². The highest BCUT2D eigenvalue weighted by molar-refractivity contribution is 5.80. The lowest BCUT2D eigenvalue weighted by Gasteiger charge is -2.17. The Hall–Kier alpha value is -3.60. The summed E-state index contributed by atoms with van der Waals surface area (Å²) in [4.78, 5) is 17.6. The predicted octanol–water partition coefficient (Wildman–Crippen LogP) is 5.15. The Kier molecular flexibility index (Phi) is 6.55. The van der Waals surface area contributed by atoms with Crippen molar-refractivity contribution in [3.63, 3.8) is 0 Å². The van der Waals surface area contributed by atoms with Crippen molar-refractivity contribution in [3.8, 4) is 5.75 Å². The fourth-order valence-electron chi connectivity index (χ4n) is 3.96. The maximum Gasteiger partial charge on any atom is 0.225 e. The van der Waals surface area contributed by atoms with Crippen LogP contribution in [0.4, 0.5) is 0 Å². The zero-order valence-electron chi connectivity index (χ0n) is 18.8. The number of hydrogen-bond donors (Lipinski definition) is 1. The second kappa shape index (κ2) is 9.69. The first-order valence-electron chi connectivity index (χ1n) is 11.0. The zero-order valence-corrected chi connectivity index (χ0v) is 18.8. The van der Waals surface area contributed by atoms with Gasteiger partial charge in [-0.3, -0.25) is 4.79 Å². The molecule has 1 heterocycles. The molecule has 0 fully saturated rings. The first-order valence-corrected chi connectivity index (χ1v) is 11.0. The summed E-state index contributed by atoms with van der Waals surface area (Å²) in [6.45, 7) is 7.21. The van der Waals surface area contributed by atoms with E-state index < -0.39 is 0 Å². The van der Waals surface area contributed by atoms with Crippen LogP contribution in [0.2, 0.25) is 0 Å². The predicted molar refractivity (Wildman–Crippen MR) is 128 cm³/mol. The molecule has 0 aliphatic heterocycles. The molecule has 5 nitrogen and oxygen atoms in total. The normalized spacial score (nSPS) is 12.0. The van der Waals surface area contributed by atoms with Gasteiger partial charge in [-0.05, 0) is 55.7 Å². The number of nitrogens with one attached hydrogen (secondary N) is 1. The molecule has 1 N–H and O–H groups in total. The highest BCUT2D eigenvalue weighted by atomic mass is 16.5. The van der Waals surface area contributed by atoms with Crippen molar-refractivity contribution in [3.05, 3.63) is 95.3 Å². The van der Waals surface area contributed by atoms with Crippen molar-refractivity contribution in [1.82, 2.24) is 14.9 Å². The molecule has 0 spiro atoms. The van der Waals surface area contributed by atoms with E-state index in [1.54, 1.807) is 0 Å². The van der Waals surface area contributed by atoms with Crippen LogP contribution in [0.5, 0.6) is 5.75 Å². The third kappa shape index (κ3) is 4.83. The molecule has 3 aromatic carbocycles. The minimum atomic E-state index is -0.225. The van der Waals surface area contributed by atoms with Crippen LogP contribution < -0.4 is 10.1 Å². The molecule has 1 unspecified atom stereocenters. The van der Waals surface area contributed by atoms with Gasteiger partial charge in [0, 0.05) is 0 Å². The average molecular weight is 428 g/mol. The lowest BCUT2D eigenvalue weighted by Crippen LogP contribution is -2.30. The molecule has 4 aromatic rings. The van der Waals surface area contributed by atoms with Crippen LogP contribution in [0.25, 0.3) is 11.0 Å². The van der Waals surface area contributed by atoms with Gasteiger partial charge >= 0.3 is 0 Å². The van der Waals surface area contributed by atoms with Crippen molar-refractivity contribution in [2.75, 3.05) is 6.61 Å². The molecular weight excluding hydrogens is 398 g/mol. The summed E-state index contributed by atoms with van der Waals surface area (Å²) in [5, 5.41) is 3.13. The van der Waals surface area contributed by atoms with Gasteiger partial charge in [-0.25, -0.2) is 4.98 Å². The Labute approximate surface area is 189 Å². The first kappa shape index (κ1) is 21.6. The highest BCUT2D eigenvalue weighted by Crippen LogP contribution is 2.22. The van der Waals surface area contributed by atoms with E-state index in [0.717, 1.165) is 39.3 Å². The van der Waals surface area contributed by atoms with Gasteiger partial charge in [-0.2, -0.15) is 0 Å². The largest absolute Gasteiger partial charge is 0.491 e. The number of amides is 1. The number of para-hydroxylation sites is 3. The molecule has 0 aliphatic carbocycles. The topological polar surface area (TPSA) is 56.2 Å². The minimum absolute atomic E-state index is 0.0124. The van der Waals surface area contributed by atoms with E-state index >= 15 is 0 Å². The Balaban J connectivity index is 1.50. The number of carbonyl (C=O) groups excluding carboxylic acids is 1. The van der Waals surface area contributed by atoms with Gasteiger partial charge in [-0.1, -0.05) is 54.6 Å². The number of hydrogen-bond acceptors (Lipinski definition) is 3. The molecule has 0 saturated heterocycles. The van der Waals surface area contributed by atoms with Crippen LogP contribution in [0.1, 0.15) is 35.5 Å². The van der Waals surface area contributed by atoms with Gasteiger partial charge in [0.25, 0.3) is 0 Å². The summed E-state index contributed by atoms with van der Waals surface area (Å²) in [7, 11) is 0. The summed E-state index contributed by atoms with van der Waals surface area (Å²) < 4.78 is 8.18. The quantitative estimate of drug-likeness (QED) is 0.423. The van der Waals surface area contributed by atoms with Crippen LogP contribution in [0.3, 0.4) is 0 Å². The maximum absolute atomic E-state index is 12.7. The molecule has 0 saturated carbocycles. The fraction of sp³-hybridized carbons (Fsp3) is 0.259. The Bertz CT molecular complexity index is 1230. The van der Waals surface area contributed by atoms with Gasteiger partial charge in [0.1, 0.15) is 18.2 Å². The van der Waals surface area contributed by atoms with E-state index in [0.29, 0.717) is 19.6 Å². The molecule has 164 valence electrons. The van der Waals surface area contributed by atoms with E-state index in [1.165, 1.54) is 0 Å². The molecule has 1 atom stereocenters. The molecule has 1 amide bonds. The lowest BCUT2D eigenvalue weighted by atomic mass is 10.1. The number of aryl methyl sites for hydroxylation is 2. The second-order valence-electron chi connectivity index (χ2n) is 8.12. The lowest BCUT2D eigenvalue weighted by molar-refractivity contribution is -0.121. The average Bonchev–Trinajstić information content (AvgIpc) is 3.15. The van der Waals surface area contributed by atoms with Crippen LogP contribution in [0, 0.1) is 13.8 Å². The van der Waals surface area contributed by atoms with Crippen LogP contribution in [-0.2, 0) is 17.8 Å². The van der Waals surface area contributed by atoms with Crippen LogP contribution in [0.15, 0.2) is 72.8 Å². The Morgan fingerprint density at radius 1 is 0.969 bits per heavy atom. The van der Waals surface area contributed by atoms with E-state index in [2.05, 4.69) is 16.0 Å². The van der Waals surface area contributed by atoms with Crippen LogP contribution >= 0.6 is 0 Å².